The number of hydrogen-bond acceptors (Lipinski definition) is 1. The first kappa shape index (κ1) is 23.7. The van der Waals surface area contributed by atoms with Gasteiger partial charge in [-0.25, -0.2) is 0 Å². The van der Waals surface area contributed by atoms with E-state index in [-0.39, 0.29) is 11.8 Å². The highest BCUT2D eigenvalue weighted by atomic mass is 35.5. The molecule has 1 N–H and O–H groups in total. The average Bonchev–Trinajstić information content (AvgIpc) is 2.63. The molecule has 0 saturated heterocycles. The largest absolute Gasteiger partial charge is 0.355 e. The summed E-state index contributed by atoms with van der Waals surface area (Å²) < 4.78 is 0. The molecule has 0 aromatic rings. The molecule has 0 bridgehead atoms. The van der Waals surface area contributed by atoms with Crippen molar-refractivity contribution in [2.75, 3.05) is 12.4 Å². The normalized spacial score (nSPS) is 12.2. The fourth-order valence-electron chi connectivity index (χ4n) is 2.22. The molecule has 0 aliphatic carbocycles. The number of nitrogens with one attached hydrogen (secondary N) is 1. The Morgan fingerprint density at radius 3 is 1.72 bits per heavy atom. The van der Waals surface area contributed by atoms with E-state index in [1.54, 1.807) is 0 Å². The summed E-state index contributed by atoms with van der Waals surface area (Å²) in [5, 5.41) is 2.77. The summed E-state index contributed by atoms with van der Waals surface area (Å²) in [5.74, 6) is -0.0311. The summed E-state index contributed by atoms with van der Waals surface area (Å²) in [6.45, 7) is 2.96. The van der Waals surface area contributed by atoms with Crippen molar-refractivity contribution in [1.82, 2.24) is 5.32 Å². The van der Waals surface area contributed by atoms with E-state index >= 15 is 0 Å². The number of carbonyl (C=O) groups excluding carboxylic acids is 1. The topological polar surface area (TPSA) is 29.1 Å². The zero-order valence-electron chi connectivity index (χ0n) is 15.9. The van der Waals surface area contributed by atoms with Crippen LogP contribution in [0.4, 0.5) is 0 Å². The van der Waals surface area contributed by atoms with Crippen LogP contribution in [0.25, 0.3) is 0 Å². The molecule has 0 atom stereocenters. The second-order valence-electron chi connectivity index (χ2n) is 6.07. The van der Waals surface area contributed by atoms with Crippen molar-refractivity contribution < 1.29 is 4.79 Å². The van der Waals surface area contributed by atoms with Crippen LogP contribution in [0.15, 0.2) is 48.6 Å². The summed E-state index contributed by atoms with van der Waals surface area (Å²) in [6.07, 6.45) is 29.3. The van der Waals surface area contributed by atoms with E-state index < -0.39 is 0 Å². The number of hydrogen-bond donors (Lipinski definition) is 1. The minimum atomic E-state index is -0.0839. The van der Waals surface area contributed by atoms with E-state index in [2.05, 4.69) is 60.8 Å². The van der Waals surface area contributed by atoms with Crippen LogP contribution < -0.4 is 5.32 Å². The second-order valence-corrected chi connectivity index (χ2v) is 6.34. The van der Waals surface area contributed by atoms with Gasteiger partial charge in [0, 0.05) is 6.54 Å². The van der Waals surface area contributed by atoms with Crippen molar-refractivity contribution in [2.24, 2.45) is 0 Å². The number of unbranched alkanes of at least 4 members (excludes halogenated alkanes) is 5. The van der Waals surface area contributed by atoms with Crippen molar-refractivity contribution in [3.63, 3.8) is 0 Å². The molecule has 1 amide bonds. The van der Waals surface area contributed by atoms with Crippen molar-refractivity contribution >= 4 is 17.5 Å². The molecule has 25 heavy (non-hydrogen) atoms. The molecule has 0 fully saturated rings. The lowest BCUT2D eigenvalue weighted by Gasteiger charge is -2.00. The SMILES string of the molecule is CCCCC/C=C\C/C=C\C/C=C\C/C=C\CCCCNC(=O)CCl. The molecule has 0 spiro atoms. The van der Waals surface area contributed by atoms with E-state index in [1.165, 1.54) is 25.7 Å². The maximum Gasteiger partial charge on any atom is 0.234 e. The zero-order chi connectivity index (χ0) is 18.4. The minimum Gasteiger partial charge on any atom is -0.355 e. The van der Waals surface area contributed by atoms with Crippen LogP contribution in [0.3, 0.4) is 0 Å². The van der Waals surface area contributed by atoms with E-state index in [4.69, 9.17) is 11.6 Å². The molecule has 0 radical (unpaired) electrons. The van der Waals surface area contributed by atoms with Crippen LogP contribution >= 0.6 is 11.6 Å². The van der Waals surface area contributed by atoms with Crippen molar-refractivity contribution in [3.05, 3.63) is 48.6 Å². The molecular formula is C22H36ClNO. The smallest absolute Gasteiger partial charge is 0.234 e. The molecule has 0 heterocycles. The Morgan fingerprint density at radius 2 is 1.24 bits per heavy atom. The van der Waals surface area contributed by atoms with E-state index in [1.807, 2.05) is 0 Å². The Labute approximate surface area is 160 Å². The molecule has 142 valence electrons. The first-order valence-corrected chi connectivity index (χ1v) is 10.3. The molecule has 0 aromatic heterocycles. The molecular weight excluding hydrogens is 330 g/mol. The van der Waals surface area contributed by atoms with Crippen LogP contribution in [0.5, 0.6) is 0 Å². The van der Waals surface area contributed by atoms with Crippen LogP contribution in [0.1, 0.15) is 71.1 Å². The monoisotopic (exact) mass is 365 g/mol. The minimum absolute atomic E-state index is 0.0528. The maximum absolute atomic E-state index is 10.9. The van der Waals surface area contributed by atoms with Gasteiger partial charge >= 0.3 is 0 Å². The lowest BCUT2D eigenvalue weighted by molar-refractivity contribution is -0.118. The van der Waals surface area contributed by atoms with E-state index in [0.717, 1.165) is 45.1 Å². The van der Waals surface area contributed by atoms with Gasteiger partial charge in [0.15, 0.2) is 0 Å². The third-order valence-electron chi connectivity index (χ3n) is 3.70. The lowest BCUT2D eigenvalue weighted by Crippen LogP contribution is -2.25. The van der Waals surface area contributed by atoms with Crippen molar-refractivity contribution in [3.8, 4) is 0 Å². The fraction of sp³-hybridized carbons (Fsp3) is 0.591. The van der Waals surface area contributed by atoms with Gasteiger partial charge in [-0.2, -0.15) is 0 Å². The van der Waals surface area contributed by atoms with Crippen LogP contribution in [-0.2, 0) is 4.79 Å². The maximum atomic E-state index is 10.9. The molecule has 0 aliphatic rings. The van der Waals surface area contributed by atoms with Crippen LogP contribution in [-0.4, -0.2) is 18.3 Å². The van der Waals surface area contributed by atoms with Gasteiger partial charge in [-0.3, -0.25) is 4.79 Å². The highest BCUT2D eigenvalue weighted by molar-refractivity contribution is 6.27. The average molecular weight is 366 g/mol. The van der Waals surface area contributed by atoms with Gasteiger partial charge in [-0.1, -0.05) is 68.4 Å². The van der Waals surface area contributed by atoms with E-state index in [0.29, 0.717) is 0 Å². The number of alkyl halides is 1. The molecule has 0 aliphatic heterocycles. The molecule has 2 nitrogen and oxygen atoms in total. The predicted molar refractivity (Wildman–Crippen MR) is 112 cm³/mol. The number of allylic oxidation sites excluding steroid dienone is 8. The first-order chi connectivity index (χ1) is 12.3. The molecule has 0 unspecified atom stereocenters. The Hall–Kier alpha value is -1.28. The summed E-state index contributed by atoms with van der Waals surface area (Å²) in [4.78, 5) is 10.9. The third-order valence-corrected chi connectivity index (χ3v) is 3.94. The van der Waals surface area contributed by atoms with Gasteiger partial charge < -0.3 is 5.32 Å². The predicted octanol–water partition coefficient (Wildman–Crippen LogP) is 6.49. The molecule has 0 aromatic carbocycles. The van der Waals surface area contributed by atoms with Gasteiger partial charge in [0.25, 0.3) is 0 Å². The standard InChI is InChI=1S/C22H36ClNO/c1-2-3-4-5-6-7-8-9-10-11-12-13-14-15-16-17-18-19-20-24-22(25)21-23/h6-7,9-10,12-13,15-16H,2-5,8,11,14,17-21H2,1H3,(H,24,25)/b7-6-,10-9-,13-12-,16-15-. The lowest BCUT2D eigenvalue weighted by atomic mass is 10.2. The third kappa shape index (κ3) is 20.7. The Balaban J connectivity index is 3.39. The number of carbonyl (C=O) groups is 1. The van der Waals surface area contributed by atoms with Crippen LogP contribution in [0, 0.1) is 0 Å². The zero-order valence-corrected chi connectivity index (χ0v) is 16.6. The van der Waals surface area contributed by atoms with Gasteiger partial charge in [-0.15, -0.1) is 11.6 Å². The van der Waals surface area contributed by atoms with Gasteiger partial charge in [0.2, 0.25) is 5.91 Å². The fourth-order valence-corrected chi connectivity index (χ4v) is 2.32. The van der Waals surface area contributed by atoms with Crippen molar-refractivity contribution in [2.45, 2.75) is 71.1 Å². The molecule has 0 rings (SSSR count). The summed E-state index contributed by atoms with van der Waals surface area (Å²) in [7, 11) is 0. The van der Waals surface area contributed by atoms with Crippen LogP contribution in [0.2, 0.25) is 0 Å². The van der Waals surface area contributed by atoms with E-state index in [9.17, 15) is 4.79 Å². The Morgan fingerprint density at radius 1 is 0.760 bits per heavy atom. The number of halogens is 1. The highest BCUT2D eigenvalue weighted by Crippen LogP contribution is 2.01. The number of amides is 1. The van der Waals surface area contributed by atoms with Crippen molar-refractivity contribution in [1.29, 1.82) is 0 Å². The summed E-state index contributed by atoms with van der Waals surface area (Å²) in [6, 6.07) is 0. The van der Waals surface area contributed by atoms with Gasteiger partial charge in [0.05, 0.1) is 0 Å². The Kier molecular flexibility index (Phi) is 19.7. The first-order valence-electron chi connectivity index (χ1n) is 9.73. The summed E-state index contributed by atoms with van der Waals surface area (Å²) >= 11 is 5.40. The van der Waals surface area contributed by atoms with Gasteiger partial charge in [-0.05, 0) is 51.4 Å². The number of rotatable bonds is 16. The molecule has 0 saturated carbocycles. The van der Waals surface area contributed by atoms with Gasteiger partial charge in [0.1, 0.15) is 5.88 Å². The second kappa shape index (κ2) is 20.8. The Bertz CT molecular complexity index is 410. The summed E-state index contributed by atoms with van der Waals surface area (Å²) in [5.41, 5.74) is 0. The molecule has 3 heteroatoms. The highest BCUT2D eigenvalue weighted by Gasteiger charge is 1.95. The quantitative estimate of drug-likeness (QED) is 0.189.